The molecule has 9 heteroatoms. The van der Waals surface area contributed by atoms with Gasteiger partial charge in [0.05, 0.1) is 39.9 Å². The lowest BCUT2D eigenvalue weighted by molar-refractivity contribution is 0.0952. The zero-order valence-electron chi connectivity index (χ0n) is 18.5. The maximum absolute atomic E-state index is 13.3. The van der Waals surface area contributed by atoms with Gasteiger partial charge in [-0.15, -0.1) is 0 Å². The molecule has 1 N–H and O–H groups in total. The van der Waals surface area contributed by atoms with Crippen molar-refractivity contribution in [1.82, 2.24) is 20.1 Å². The first-order valence-corrected chi connectivity index (χ1v) is 12.8. The Balaban J connectivity index is 1.59. The van der Waals surface area contributed by atoms with Gasteiger partial charge in [0, 0.05) is 12.1 Å². The van der Waals surface area contributed by atoms with Crippen molar-refractivity contribution in [3.8, 4) is 11.3 Å². The van der Waals surface area contributed by atoms with Crippen molar-refractivity contribution < 1.29 is 17.6 Å². The maximum Gasteiger partial charge on any atom is 0.252 e. The van der Waals surface area contributed by atoms with Gasteiger partial charge in [0.15, 0.2) is 15.5 Å². The minimum Gasteiger partial charge on any atom is -0.348 e. The summed E-state index contributed by atoms with van der Waals surface area (Å²) in [5.41, 5.74) is 3.72. The van der Waals surface area contributed by atoms with E-state index in [9.17, 15) is 17.6 Å². The highest BCUT2D eigenvalue weighted by molar-refractivity contribution is 7.91. The smallest absolute Gasteiger partial charge is 0.252 e. The quantitative estimate of drug-likeness (QED) is 0.471. The number of carbonyl (C=O) groups is 1. The molecular formula is C25H23FN4O3S. The molecule has 2 aromatic carbocycles. The Morgan fingerprint density at radius 3 is 2.56 bits per heavy atom. The third-order valence-electron chi connectivity index (χ3n) is 6.07. The molecule has 0 radical (unpaired) electrons. The molecule has 4 aromatic rings. The van der Waals surface area contributed by atoms with Gasteiger partial charge in [-0.05, 0) is 37.1 Å². The molecule has 1 atom stereocenters. The van der Waals surface area contributed by atoms with E-state index in [2.05, 4.69) is 10.4 Å². The third kappa shape index (κ3) is 4.31. The minimum atomic E-state index is -3.13. The summed E-state index contributed by atoms with van der Waals surface area (Å²) in [5.74, 6) is -0.528. The molecule has 34 heavy (non-hydrogen) atoms. The summed E-state index contributed by atoms with van der Waals surface area (Å²) in [4.78, 5) is 18.1. The highest BCUT2D eigenvalue weighted by atomic mass is 32.2. The molecule has 2 aromatic heterocycles. The van der Waals surface area contributed by atoms with E-state index in [1.165, 1.54) is 12.1 Å². The van der Waals surface area contributed by atoms with Crippen LogP contribution in [-0.2, 0) is 16.4 Å². The van der Waals surface area contributed by atoms with Crippen LogP contribution in [0.3, 0.4) is 0 Å². The first-order chi connectivity index (χ1) is 16.3. The number of aromatic nitrogens is 3. The summed E-state index contributed by atoms with van der Waals surface area (Å²) in [6, 6.07) is 16.8. The molecule has 1 amide bonds. The number of benzene rings is 2. The van der Waals surface area contributed by atoms with Crippen LogP contribution in [0, 0.1) is 12.7 Å². The van der Waals surface area contributed by atoms with Gasteiger partial charge in [-0.25, -0.2) is 22.5 Å². The average molecular weight is 479 g/mol. The van der Waals surface area contributed by atoms with Crippen molar-refractivity contribution >= 4 is 26.8 Å². The van der Waals surface area contributed by atoms with Crippen LogP contribution in [-0.4, -0.2) is 40.6 Å². The summed E-state index contributed by atoms with van der Waals surface area (Å²) in [7, 11) is -3.13. The lowest BCUT2D eigenvalue weighted by Crippen LogP contribution is -2.23. The maximum atomic E-state index is 13.3. The van der Waals surface area contributed by atoms with E-state index in [-0.39, 0.29) is 35.8 Å². The number of rotatable bonds is 5. The van der Waals surface area contributed by atoms with E-state index in [1.54, 1.807) is 29.8 Å². The number of nitrogens with zero attached hydrogens (tertiary/aromatic N) is 3. The molecule has 0 spiro atoms. The minimum absolute atomic E-state index is 0.00651. The van der Waals surface area contributed by atoms with Crippen LogP contribution in [0.15, 0.2) is 60.7 Å². The Morgan fingerprint density at radius 1 is 1.15 bits per heavy atom. The number of hydrogen-bond donors (Lipinski definition) is 1. The largest absolute Gasteiger partial charge is 0.348 e. The van der Waals surface area contributed by atoms with Crippen LogP contribution in [0.5, 0.6) is 0 Å². The average Bonchev–Trinajstić information content (AvgIpc) is 3.37. The highest BCUT2D eigenvalue weighted by Crippen LogP contribution is 2.32. The van der Waals surface area contributed by atoms with E-state index >= 15 is 0 Å². The highest BCUT2D eigenvalue weighted by Gasteiger charge is 2.32. The molecule has 1 aliphatic heterocycles. The second-order valence-electron chi connectivity index (χ2n) is 8.52. The number of nitrogens with one attached hydrogen (secondary N) is 1. The Labute approximate surface area is 196 Å². The Bertz CT molecular complexity index is 1480. The lowest BCUT2D eigenvalue weighted by atomic mass is 10.0. The summed E-state index contributed by atoms with van der Waals surface area (Å²) in [5, 5.41) is 8.11. The first kappa shape index (κ1) is 22.2. The van der Waals surface area contributed by atoms with E-state index < -0.39 is 9.84 Å². The van der Waals surface area contributed by atoms with Crippen molar-refractivity contribution in [1.29, 1.82) is 0 Å². The van der Waals surface area contributed by atoms with Gasteiger partial charge >= 0.3 is 0 Å². The summed E-state index contributed by atoms with van der Waals surface area (Å²) < 4.78 is 39.1. The topological polar surface area (TPSA) is 93.9 Å². The van der Waals surface area contributed by atoms with Crippen molar-refractivity contribution in [2.45, 2.75) is 25.9 Å². The fourth-order valence-electron chi connectivity index (χ4n) is 4.35. The first-order valence-electron chi connectivity index (χ1n) is 11.0. The van der Waals surface area contributed by atoms with E-state index in [0.29, 0.717) is 34.4 Å². The Morgan fingerprint density at radius 2 is 1.88 bits per heavy atom. The predicted molar refractivity (Wildman–Crippen MR) is 128 cm³/mol. The van der Waals surface area contributed by atoms with Gasteiger partial charge in [-0.3, -0.25) is 4.79 Å². The number of fused-ring (bicyclic) bond motifs is 1. The van der Waals surface area contributed by atoms with Crippen molar-refractivity contribution in [2.24, 2.45) is 0 Å². The second-order valence-corrected chi connectivity index (χ2v) is 10.7. The summed E-state index contributed by atoms with van der Waals surface area (Å²) in [6.07, 6.45) is 0.460. The zero-order chi connectivity index (χ0) is 23.9. The summed E-state index contributed by atoms with van der Waals surface area (Å²) >= 11 is 0. The van der Waals surface area contributed by atoms with Crippen LogP contribution in [0.25, 0.3) is 22.3 Å². The van der Waals surface area contributed by atoms with Crippen LogP contribution in [0.2, 0.25) is 0 Å². The van der Waals surface area contributed by atoms with Gasteiger partial charge in [-0.2, -0.15) is 5.10 Å². The van der Waals surface area contributed by atoms with Crippen LogP contribution < -0.4 is 5.32 Å². The Hall–Kier alpha value is -3.59. The SMILES string of the molecule is Cc1nn([C@H]2CCS(=O)(=O)C2)c2nc(-c3ccccc3)cc(C(=O)NCc3ccc(F)cc3)c12. The molecular weight excluding hydrogens is 455 g/mol. The van der Waals surface area contributed by atoms with Gasteiger partial charge in [0.25, 0.3) is 5.91 Å². The molecule has 7 nitrogen and oxygen atoms in total. The van der Waals surface area contributed by atoms with Gasteiger partial charge in [-0.1, -0.05) is 42.5 Å². The van der Waals surface area contributed by atoms with E-state index in [1.807, 2.05) is 30.3 Å². The molecule has 5 rings (SSSR count). The normalized spacial score (nSPS) is 17.2. The molecule has 0 aliphatic carbocycles. The zero-order valence-corrected chi connectivity index (χ0v) is 19.3. The van der Waals surface area contributed by atoms with Gasteiger partial charge in [0.1, 0.15) is 5.82 Å². The predicted octanol–water partition coefficient (Wildman–Crippen LogP) is 3.84. The van der Waals surface area contributed by atoms with Crippen LogP contribution >= 0.6 is 0 Å². The van der Waals surface area contributed by atoms with Crippen LogP contribution in [0.1, 0.15) is 34.1 Å². The second kappa shape index (κ2) is 8.64. The van der Waals surface area contributed by atoms with E-state index in [0.717, 1.165) is 11.1 Å². The molecule has 1 saturated heterocycles. The summed E-state index contributed by atoms with van der Waals surface area (Å²) in [6.45, 7) is 2.03. The monoisotopic (exact) mass is 478 g/mol. The number of halogens is 1. The van der Waals surface area contributed by atoms with E-state index in [4.69, 9.17) is 4.98 Å². The number of aryl methyl sites for hydroxylation is 1. The number of amides is 1. The molecule has 1 aliphatic rings. The third-order valence-corrected chi connectivity index (χ3v) is 7.82. The van der Waals surface area contributed by atoms with Crippen LogP contribution in [0.4, 0.5) is 4.39 Å². The number of carbonyl (C=O) groups excluding carboxylic acids is 1. The molecule has 3 heterocycles. The fourth-order valence-corrected chi connectivity index (χ4v) is 6.04. The van der Waals surface area contributed by atoms with Crippen molar-refractivity contribution in [3.63, 3.8) is 0 Å². The lowest BCUT2D eigenvalue weighted by Gasteiger charge is -2.12. The Kier molecular flexibility index (Phi) is 5.65. The van der Waals surface area contributed by atoms with Crippen molar-refractivity contribution in [3.05, 3.63) is 83.3 Å². The molecule has 174 valence electrons. The molecule has 0 saturated carbocycles. The molecule has 0 bridgehead atoms. The fraction of sp³-hybridized carbons (Fsp3) is 0.240. The number of hydrogen-bond acceptors (Lipinski definition) is 5. The number of sulfone groups is 1. The van der Waals surface area contributed by atoms with Gasteiger partial charge < -0.3 is 5.32 Å². The van der Waals surface area contributed by atoms with Crippen molar-refractivity contribution in [2.75, 3.05) is 11.5 Å². The molecule has 0 unspecified atom stereocenters. The van der Waals surface area contributed by atoms with Gasteiger partial charge in [0.2, 0.25) is 0 Å². The number of pyridine rings is 1. The standard InChI is InChI=1S/C25H23FN4O3S/c1-16-23-21(25(31)27-14-17-7-9-19(26)10-8-17)13-22(18-5-3-2-4-6-18)28-24(23)30(29-16)20-11-12-34(32,33)15-20/h2-10,13,20H,11-12,14-15H2,1H3,(H,27,31)/t20-/m0/s1. The molecule has 1 fully saturated rings.